The summed E-state index contributed by atoms with van der Waals surface area (Å²) in [6.45, 7) is 5.96. The van der Waals surface area contributed by atoms with E-state index >= 15 is 0 Å². The van der Waals surface area contributed by atoms with Gasteiger partial charge >= 0.3 is 0 Å². The Balaban J connectivity index is 1.32. The zero-order chi connectivity index (χ0) is 23.5. The number of nitrogens with one attached hydrogen (secondary N) is 2. The molecule has 0 aliphatic carbocycles. The number of nitrogens with zero attached hydrogens (tertiary/aromatic N) is 2. The molecule has 3 heterocycles. The lowest BCUT2D eigenvalue weighted by Crippen LogP contribution is -2.44. The molecule has 0 amide bonds. The smallest absolute Gasteiger partial charge is 0.231 e. The highest BCUT2D eigenvalue weighted by Gasteiger charge is 2.37. The summed E-state index contributed by atoms with van der Waals surface area (Å²) < 4.78 is 22.8. The topological polar surface area (TPSA) is 103 Å². The second-order valence-corrected chi connectivity index (χ2v) is 8.63. The minimum atomic E-state index is -1.10. The predicted octanol–water partition coefficient (Wildman–Crippen LogP) is 2.99. The van der Waals surface area contributed by atoms with Gasteiger partial charge in [0.05, 0.1) is 7.11 Å². The number of rotatable bonds is 7. The van der Waals surface area contributed by atoms with Gasteiger partial charge in [0.15, 0.2) is 28.7 Å². The van der Waals surface area contributed by atoms with Gasteiger partial charge < -0.3 is 29.6 Å². The highest BCUT2D eigenvalue weighted by molar-refractivity contribution is 5.96. The van der Waals surface area contributed by atoms with E-state index in [0.717, 1.165) is 36.5 Å². The molecule has 1 fully saturated rings. The highest BCUT2D eigenvalue weighted by atomic mass is 16.7. The average Bonchev–Trinajstić information content (AvgIpc) is 3.54. The van der Waals surface area contributed by atoms with Gasteiger partial charge in [-0.3, -0.25) is 10.6 Å². The van der Waals surface area contributed by atoms with Crippen LogP contribution in [0.15, 0.2) is 53.2 Å². The van der Waals surface area contributed by atoms with Gasteiger partial charge in [-0.2, -0.15) is 0 Å². The lowest BCUT2D eigenvalue weighted by atomic mass is 9.92. The monoisotopic (exact) mass is 465 g/mol. The van der Waals surface area contributed by atoms with E-state index in [1.807, 2.05) is 49.5 Å². The van der Waals surface area contributed by atoms with Crippen LogP contribution in [-0.2, 0) is 5.66 Å². The number of benzene rings is 2. The molecule has 1 saturated heterocycles. The fourth-order valence-corrected chi connectivity index (χ4v) is 4.44. The van der Waals surface area contributed by atoms with Gasteiger partial charge in [-0.05, 0) is 56.6 Å². The molecule has 34 heavy (non-hydrogen) atoms. The molecule has 9 heteroatoms. The Hall–Kier alpha value is -3.43. The molecule has 0 bridgehead atoms. The molecule has 9 nitrogen and oxygen atoms in total. The Morgan fingerprint density at radius 3 is 2.85 bits per heavy atom. The van der Waals surface area contributed by atoms with E-state index in [4.69, 9.17) is 29.7 Å². The largest absolute Gasteiger partial charge is 0.493 e. The average molecular weight is 466 g/mol. The first-order chi connectivity index (χ1) is 16.6. The zero-order valence-corrected chi connectivity index (χ0v) is 19.6. The van der Waals surface area contributed by atoms with Crippen molar-refractivity contribution in [2.24, 2.45) is 10.7 Å². The summed E-state index contributed by atoms with van der Waals surface area (Å²) in [5.74, 6) is 3.17. The van der Waals surface area contributed by atoms with Gasteiger partial charge in [0.2, 0.25) is 12.8 Å². The molecule has 0 spiro atoms. The summed E-state index contributed by atoms with van der Waals surface area (Å²) in [5, 5.41) is 6.47. The van der Waals surface area contributed by atoms with Crippen LogP contribution in [0, 0.1) is 0 Å². The lowest BCUT2D eigenvalue weighted by molar-refractivity contribution is 0.172. The molecule has 2 aromatic rings. The number of likely N-dealkylation sites (tertiary alicyclic amines) is 1. The number of fused-ring (bicyclic) bond motifs is 1. The Morgan fingerprint density at radius 1 is 1.18 bits per heavy atom. The van der Waals surface area contributed by atoms with Crippen LogP contribution in [-0.4, -0.2) is 51.0 Å². The number of aliphatic imine (C=N–C) groups is 1. The van der Waals surface area contributed by atoms with Crippen LogP contribution >= 0.6 is 0 Å². The van der Waals surface area contributed by atoms with Crippen LogP contribution in [0.5, 0.6) is 23.0 Å². The first-order valence-electron chi connectivity index (χ1n) is 11.6. The molecule has 5 rings (SSSR count). The third-order valence-electron chi connectivity index (χ3n) is 6.41. The first kappa shape index (κ1) is 22.4. The minimum absolute atomic E-state index is 0.171. The van der Waals surface area contributed by atoms with E-state index in [-0.39, 0.29) is 6.79 Å². The van der Waals surface area contributed by atoms with E-state index < -0.39 is 5.66 Å². The lowest BCUT2D eigenvalue weighted by Gasteiger charge is -2.32. The number of hydrogen-bond donors (Lipinski definition) is 3. The molecule has 0 saturated carbocycles. The van der Waals surface area contributed by atoms with Crippen molar-refractivity contribution < 1.29 is 18.9 Å². The maximum absolute atomic E-state index is 6.81. The van der Waals surface area contributed by atoms with Crippen LogP contribution in [0.1, 0.15) is 25.3 Å². The van der Waals surface area contributed by atoms with Crippen molar-refractivity contribution in [1.29, 1.82) is 0 Å². The van der Waals surface area contributed by atoms with Crippen molar-refractivity contribution >= 4 is 11.6 Å². The summed E-state index contributed by atoms with van der Waals surface area (Å²) in [4.78, 5) is 7.22. The molecular formula is C25H31N5O4. The van der Waals surface area contributed by atoms with Gasteiger partial charge in [-0.15, -0.1) is 0 Å². The number of anilines is 1. The fourth-order valence-electron chi connectivity index (χ4n) is 4.44. The number of para-hydroxylation sites is 1. The molecular weight excluding hydrogens is 434 g/mol. The molecule has 3 aliphatic rings. The van der Waals surface area contributed by atoms with Crippen molar-refractivity contribution in [3.8, 4) is 23.0 Å². The molecule has 0 aromatic heterocycles. The van der Waals surface area contributed by atoms with E-state index in [9.17, 15) is 0 Å². The first-order valence-corrected chi connectivity index (χ1v) is 11.6. The van der Waals surface area contributed by atoms with Gasteiger partial charge in [0.25, 0.3) is 0 Å². The predicted molar refractivity (Wildman–Crippen MR) is 131 cm³/mol. The number of guanidine groups is 1. The van der Waals surface area contributed by atoms with Crippen LogP contribution in [0.3, 0.4) is 0 Å². The van der Waals surface area contributed by atoms with Crippen molar-refractivity contribution in [2.45, 2.75) is 25.4 Å². The quantitative estimate of drug-likeness (QED) is 0.574. The summed E-state index contributed by atoms with van der Waals surface area (Å²) in [6.07, 6.45) is 4.39. The molecule has 180 valence electrons. The summed E-state index contributed by atoms with van der Waals surface area (Å²) in [7, 11) is 1.64. The Morgan fingerprint density at radius 2 is 2.03 bits per heavy atom. The minimum Gasteiger partial charge on any atom is -0.493 e. The van der Waals surface area contributed by atoms with Gasteiger partial charge in [0, 0.05) is 30.1 Å². The number of nitrogens with two attached hydrogens (primary N) is 1. The second kappa shape index (κ2) is 9.44. The third-order valence-corrected chi connectivity index (χ3v) is 6.41. The van der Waals surface area contributed by atoms with E-state index in [2.05, 4.69) is 15.5 Å². The van der Waals surface area contributed by atoms with Crippen molar-refractivity contribution in [3.05, 3.63) is 53.7 Å². The zero-order valence-electron chi connectivity index (χ0n) is 19.6. The Labute approximate surface area is 199 Å². The van der Waals surface area contributed by atoms with Crippen molar-refractivity contribution in [3.63, 3.8) is 0 Å². The van der Waals surface area contributed by atoms with Gasteiger partial charge in [-0.1, -0.05) is 12.1 Å². The molecule has 1 atom stereocenters. The molecule has 3 aliphatic heterocycles. The van der Waals surface area contributed by atoms with Gasteiger partial charge in [-0.25, -0.2) is 4.99 Å². The van der Waals surface area contributed by atoms with Crippen molar-refractivity contribution in [1.82, 2.24) is 10.2 Å². The van der Waals surface area contributed by atoms with Gasteiger partial charge in [0.1, 0.15) is 6.61 Å². The fraction of sp³-hybridized carbons (Fsp3) is 0.400. The Bertz CT molecular complexity index is 1110. The standard InChI is InChI=1S/C25H31N5O4/c1-17-15-27-24(29-25(17,26)19-6-5-7-21-23(19)34-16-33-21)28-18-8-9-20(22(14-18)31-2)32-13-12-30-10-3-4-11-30/h5-9,14-15H,3-4,10-13,16,26H2,1-2H3,(H2,27,28,29). The van der Waals surface area contributed by atoms with Crippen LogP contribution in [0.25, 0.3) is 0 Å². The molecule has 2 aromatic carbocycles. The maximum Gasteiger partial charge on any atom is 0.231 e. The normalized spacial score (nSPS) is 21.5. The molecule has 0 radical (unpaired) electrons. The van der Waals surface area contributed by atoms with Crippen molar-refractivity contribution in [2.75, 3.05) is 45.5 Å². The van der Waals surface area contributed by atoms with Crippen LogP contribution < -0.4 is 35.3 Å². The third kappa shape index (κ3) is 4.36. The molecule has 4 N–H and O–H groups in total. The number of methoxy groups -OCH3 is 1. The summed E-state index contributed by atoms with van der Waals surface area (Å²) >= 11 is 0. The van der Waals surface area contributed by atoms with E-state index in [1.165, 1.54) is 12.8 Å². The van der Waals surface area contributed by atoms with Crippen LogP contribution in [0.2, 0.25) is 0 Å². The number of ether oxygens (including phenoxy) is 4. The van der Waals surface area contributed by atoms with Crippen LogP contribution in [0.4, 0.5) is 5.69 Å². The van der Waals surface area contributed by atoms with E-state index in [0.29, 0.717) is 35.6 Å². The molecule has 1 unspecified atom stereocenters. The van der Waals surface area contributed by atoms with E-state index in [1.54, 1.807) is 7.11 Å². The maximum atomic E-state index is 6.81. The summed E-state index contributed by atoms with van der Waals surface area (Å²) in [6, 6.07) is 11.4. The Kier molecular flexibility index (Phi) is 6.21. The second-order valence-electron chi connectivity index (χ2n) is 8.63. The summed E-state index contributed by atoms with van der Waals surface area (Å²) in [5.41, 5.74) is 8.10. The SMILES string of the molecule is COc1cc(NC2=NC(N)(c3cccc4c3OCO4)C(C)=CN2)ccc1OCCN1CCCC1. The number of hydrogen-bond acceptors (Lipinski definition) is 9. The highest BCUT2D eigenvalue weighted by Crippen LogP contribution is 2.43.